The van der Waals surface area contributed by atoms with E-state index in [0.29, 0.717) is 0 Å². The third-order valence-electron chi connectivity index (χ3n) is 3.13. The van der Waals surface area contributed by atoms with Gasteiger partial charge >= 0.3 is 11.7 Å². The van der Waals surface area contributed by atoms with E-state index in [1.165, 1.54) is 0 Å². The molecule has 2 heterocycles. The van der Waals surface area contributed by atoms with Crippen LogP contribution in [-0.4, -0.2) is 56.4 Å². The average molecular weight is 314 g/mol. The third-order valence-corrected chi connectivity index (χ3v) is 3.13. The summed E-state index contributed by atoms with van der Waals surface area (Å²) in [7, 11) is 0. The maximum absolute atomic E-state index is 11.6. The van der Waals surface area contributed by atoms with Crippen LogP contribution in [-0.2, 0) is 19.1 Å². The number of ether oxygens (including phenoxy) is 2. The van der Waals surface area contributed by atoms with E-state index in [2.05, 4.69) is 4.74 Å². The molecule has 0 unspecified atom stereocenters. The largest absolute Gasteiger partial charge is 0.457 e. The van der Waals surface area contributed by atoms with Gasteiger partial charge in [-0.15, -0.1) is 0 Å². The number of aromatic nitrogens is 2. The standard InChI is InChI=1S/C12H14N2O8/c1-5(15)11(19)21-4-6-8(17)9(18)10(22-6)14-3-2-7(16)13-12(14)20/h2-3,6,8-10,17-18H,4H2,1H3,(H,13,16,20)/t6-,8-,9-,10-/m1/s1. The molecule has 3 N–H and O–H groups in total. The summed E-state index contributed by atoms with van der Waals surface area (Å²) in [4.78, 5) is 46.4. The lowest BCUT2D eigenvalue weighted by Gasteiger charge is -2.16. The molecule has 1 aliphatic heterocycles. The number of carbonyl (C=O) groups is 2. The molecule has 1 fully saturated rings. The number of hydrogen-bond acceptors (Lipinski definition) is 8. The van der Waals surface area contributed by atoms with E-state index >= 15 is 0 Å². The lowest BCUT2D eigenvalue weighted by atomic mass is 10.1. The van der Waals surface area contributed by atoms with Gasteiger partial charge in [-0.1, -0.05) is 0 Å². The van der Waals surface area contributed by atoms with Gasteiger partial charge in [0.2, 0.25) is 5.78 Å². The molecule has 120 valence electrons. The van der Waals surface area contributed by atoms with E-state index in [1.54, 1.807) is 0 Å². The normalized spacial score (nSPS) is 27.6. The lowest BCUT2D eigenvalue weighted by molar-refractivity contribution is -0.157. The maximum Gasteiger partial charge on any atom is 0.374 e. The Hall–Kier alpha value is -2.30. The molecule has 0 saturated carbocycles. The molecule has 1 aromatic heterocycles. The van der Waals surface area contributed by atoms with Gasteiger partial charge in [0.15, 0.2) is 6.23 Å². The summed E-state index contributed by atoms with van der Waals surface area (Å²) in [6, 6.07) is 1.05. The molecule has 1 aromatic rings. The Bertz CT molecular complexity index is 693. The van der Waals surface area contributed by atoms with Gasteiger partial charge in [-0.3, -0.25) is 19.1 Å². The van der Waals surface area contributed by atoms with Crippen LogP contribution in [0.15, 0.2) is 21.9 Å². The number of Topliss-reactive ketones (excluding diaryl/α,β-unsaturated/α-hetero) is 1. The van der Waals surface area contributed by atoms with Crippen LogP contribution >= 0.6 is 0 Å². The van der Waals surface area contributed by atoms with Crippen molar-refractivity contribution in [1.29, 1.82) is 0 Å². The predicted molar refractivity (Wildman–Crippen MR) is 68.9 cm³/mol. The monoisotopic (exact) mass is 314 g/mol. The minimum absolute atomic E-state index is 0.467. The van der Waals surface area contributed by atoms with Crippen molar-refractivity contribution in [2.45, 2.75) is 31.5 Å². The van der Waals surface area contributed by atoms with Gasteiger partial charge in [-0.25, -0.2) is 9.59 Å². The van der Waals surface area contributed by atoms with E-state index in [-0.39, 0.29) is 0 Å². The summed E-state index contributed by atoms with van der Waals surface area (Å²) in [5.41, 5.74) is -1.45. The van der Waals surface area contributed by atoms with Crippen LogP contribution in [0, 0.1) is 0 Å². The van der Waals surface area contributed by atoms with Gasteiger partial charge < -0.3 is 19.7 Å². The highest BCUT2D eigenvalue weighted by molar-refractivity contribution is 6.32. The fraction of sp³-hybridized carbons (Fsp3) is 0.500. The number of hydrogen-bond donors (Lipinski definition) is 3. The fourth-order valence-electron chi connectivity index (χ4n) is 1.98. The van der Waals surface area contributed by atoms with Crippen LogP contribution in [0.2, 0.25) is 0 Å². The Balaban J connectivity index is 2.13. The summed E-state index contributed by atoms with van der Waals surface area (Å²) >= 11 is 0. The van der Waals surface area contributed by atoms with Gasteiger partial charge in [-0.2, -0.15) is 0 Å². The Morgan fingerprint density at radius 2 is 2.05 bits per heavy atom. The summed E-state index contributed by atoms with van der Waals surface area (Å²) in [5.74, 6) is -1.92. The van der Waals surface area contributed by atoms with Gasteiger partial charge in [0.05, 0.1) is 0 Å². The highest BCUT2D eigenvalue weighted by Crippen LogP contribution is 2.28. The van der Waals surface area contributed by atoms with Crippen molar-refractivity contribution < 1.29 is 29.3 Å². The molecule has 10 nitrogen and oxygen atoms in total. The number of aliphatic hydroxyl groups excluding tert-OH is 2. The zero-order valence-corrected chi connectivity index (χ0v) is 11.5. The summed E-state index contributed by atoms with van der Waals surface area (Å²) in [6.07, 6.45) is -4.21. The molecule has 1 saturated heterocycles. The van der Waals surface area contributed by atoms with E-state index in [9.17, 15) is 29.4 Å². The summed E-state index contributed by atoms with van der Waals surface area (Å²) in [6.45, 7) is 0.553. The molecule has 22 heavy (non-hydrogen) atoms. The average Bonchev–Trinajstić information content (AvgIpc) is 2.73. The van der Waals surface area contributed by atoms with Crippen molar-refractivity contribution in [1.82, 2.24) is 9.55 Å². The molecule has 0 spiro atoms. The van der Waals surface area contributed by atoms with Crippen molar-refractivity contribution in [3.63, 3.8) is 0 Å². The number of carbonyl (C=O) groups excluding carboxylic acids is 2. The van der Waals surface area contributed by atoms with Crippen LogP contribution in [0.3, 0.4) is 0 Å². The van der Waals surface area contributed by atoms with Crippen molar-refractivity contribution in [2.75, 3.05) is 6.61 Å². The first kappa shape index (κ1) is 16.1. The van der Waals surface area contributed by atoms with Gasteiger partial charge in [0, 0.05) is 19.2 Å². The topological polar surface area (TPSA) is 148 Å². The number of rotatable bonds is 4. The second-order valence-electron chi connectivity index (χ2n) is 4.72. The Kier molecular flexibility index (Phi) is 4.54. The van der Waals surface area contributed by atoms with E-state index in [1.807, 2.05) is 4.98 Å². The summed E-state index contributed by atoms with van der Waals surface area (Å²) in [5, 5.41) is 19.8. The Morgan fingerprint density at radius 3 is 2.64 bits per heavy atom. The number of nitrogens with one attached hydrogen (secondary N) is 1. The molecular formula is C12H14N2O8. The zero-order chi connectivity index (χ0) is 16.4. The molecule has 4 atom stereocenters. The van der Waals surface area contributed by atoms with Crippen molar-refractivity contribution in [3.8, 4) is 0 Å². The Morgan fingerprint density at radius 1 is 1.36 bits per heavy atom. The van der Waals surface area contributed by atoms with Crippen LogP contribution in [0.1, 0.15) is 13.2 Å². The number of aromatic amines is 1. The molecule has 1 aliphatic rings. The first-order valence-corrected chi connectivity index (χ1v) is 6.32. The fourth-order valence-corrected chi connectivity index (χ4v) is 1.98. The molecule has 0 aliphatic carbocycles. The number of ketones is 1. The molecule has 10 heteroatoms. The molecular weight excluding hydrogens is 300 g/mol. The van der Waals surface area contributed by atoms with E-state index in [4.69, 9.17) is 4.74 Å². The maximum atomic E-state index is 11.6. The van der Waals surface area contributed by atoms with Gasteiger partial charge in [0.1, 0.15) is 24.9 Å². The number of nitrogens with zero attached hydrogens (tertiary/aromatic N) is 1. The van der Waals surface area contributed by atoms with Crippen molar-refractivity contribution in [2.24, 2.45) is 0 Å². The molecule has 0 radical (unpaired) electrons. The highest BCUT2D eigenvalue weighted by Gasteiger charge is 2.44. The Labute approximate surface area is 122 Å². The second kappa shape index (κ2) is 6.22. The number of esters is 1. The predicted octanol–water partition coefficient (Wildman–Crippen LogP) is -2.71. The number of H-pyrrole nitrogens is 1. The van der Waals surface area contributed by atoms with Crippen molar-refractivity contribution >= 4 is 11.8 Å². The first-order chi connectivity index (χ1) is 10.3. The van der Waals surface area contributed by atoms with Crippen LogP contribution in [0.5, 0.6) is 0 Å². The quantitative estimate of drug-likeness (QED) is 0.401. The number of aliphatic hydroxyl groups is 2. The third kappa shape index (κ3) is 3.13. The molecule has 0 amide bonds. The molecule has 2 rings (SSSR count). The molecule has 0 aromatic carbocycles. The van der Waals surface area contributed by atoms with Gasteiger partial charge in [-0.05, 0) is 0 Å². The van der Waals surface area contributed by atoms with Crippen LogP contribution < -0.4 is 11.2 Å². The van der Waals surface area contributed by atoms with Crippen LogP contribution in [0.25, 0.3) is 0 Å². The second-order valence-corrected chi connectivity index (χ2v) is 4.72. The minimum atomic E-state index is -1.48. The highest BCUT2D eigenvalue weighted by atomic mass is 16.6. The smallest absolute Gasteiger partial charge is 0.374 e. The zero-order valence-electron chi connectivity index (χ0n) is 11.5. The van der Waals surface area contributed by atoms with Crippen LogP contribution in [0.4, 0.5) is 0 Å². The molecule has 0 bridgehead atoms. The van der Waals surface area contributed by atoms with E-state index in [0.717, 1.165) is 23.8 Å². The SMILES string of the molecule is CC(=O)C(=O)OC[C@H]1O[C@@H](n2ccc(=O)[nH]c2=O)[C@H](O)[C@@H]1O. The van der Waals surface area contributed by atoms with Gasteiger partial charge in [0.25, 0.3) is 5.56 Å². The lowest BCUT2D eigenvalue weighted by Crippen LogP contribution is -2.37. The van der Waals surface area contributed by atoms with Crippen molar-refractivity contribution in [3.05, 3.63) is 33.1 Å². The summed E-state index contributed by atoms with van der Waals surface area (Å²) < 4.78 is 10.8. The van der Waals surface area contributed by atoms with E-state index < -0.39 is 54.1 Å². The first-order valence-electron chi connectivity index (χ1n) is 6.32. The minimum Gasteiger partial charge on any atom is -0.457 e.